The van der Waals surface area contributed by atoms with Crippen LogP contribution >= 0.6 is 0 Å². The number of carbonyl (C=O) groups excluding carboxylic acids is 1. The lowest BCUT2D eigenvalue weighted by Gasteiger charge is -2.30. The number of amides is 1. The number of nitrogens with two attached hydrogens (primary N) is 2. The van der Waals surface area contributed by atoms with E-state index in [0.717, 1.165) is 57.4 Å². The highest BCUT2D eigenvalue weighted by Crippen LogP contribution is 2.16. The van der Waals surface area contributed by atoms with Crippen molar-refractivity contribution < 1.29 is 4.79 Å². The van der Waals surface area contributed by atoms with Gasteiger partial charge in [-0.1, -0.05) is 12.2 Å². The van der Waals surface area contributed by atoms with Crippen LogP contribution in [0.5, 0.6) is 0 Å². The number of nitrogens with zero attached hydrogens (tertiary/aromatic N) is 2. The molecule has 1 heterocycles. The molecule has 0 atom stereocenters. The van der Waals surface area contributed by atoms with Crippen molar-refractivity contribution in [2.24, 2.45) is 22.4 Å². The molecule has 1 aliphatic rings. The monoisotopic (exact) mass is 295 g/mol. The van der Waals surface area contributed by atoms with E-state index in [9.17, 15) is 4.79 Å². The van der Waals surface area contributed by atoms with Gasteiger partial charge >= 0.3 is 0 Å². The van der Waals surface area contributed by atoms with Crippen LogP contribution in [0.3, 0.4) is 0 Å². The molecule has 0 unspecified atom stereocenters. The van der Waals surface area contributed by atoms with Crippen LogP contribution in [0.4, 0.5) is 0 Å². The third-order valence-electron chi connectivity index (χ3n) is 3.72. The van der Waals surface area contributed by atoms with Gasteiger partial charge in [0.1, 0.15) is 0 Å². The van der Waals surface area contributed by atoms with Gasteiger partial charge in [-0.2, -0.15) is 0 Å². The van der Waals surface area contributed by atoms with Gasteiger partial charge in [-0.05, 0) is 52.2 Å². The van der Waals surface area contributed by atoms with Crippen molar-refractivity contribution in [3.63, 3.8) is 0 Å². The van der Waals surface area contributed by atoms with Gasteiger partial charge in [-0.25, -0.2) is 4.99 Å². The molecule has 1 aliphatic heterocycles. The maximum absolute atomic E-state index is 11.1. The molecule has 120 valence electrons. The van der Waals surface area contributed by atoms with E-state index < -0.39 is 0 Å². The molecule has 1 amide bonds. The van der Waals surface area contributed by atoms with E-state index in [-0.39, 0.29) is 11.8 Å². The Morgan fingerprint density at radius 1 is 1.33 bits per heavy atom. The Balaban J connectivity index is 2.04. The zero-order chi connectivity index (χ0) is 15.7. The van der Waals surface area contributed by atoms with Crippen molar-refractivity contribution in [1.82, 2.24) is 10.2 Å². The molecule has 0 aromatic heterocycles. The molecule has 5 N–H and O–H groups in total. The van der Waals surface area contributed by atoms with Crippen molar-refractivity contribution in [2.75, 3.05) is 32.7 Å². The Bertz CT molecular complexity index is 372. The molecule has 1 saturated heterocycles. The van der Waals surface area contributed by atoms with Gasteiger partial charge in [0.25, 0.3) is 0 Å². The number of primary amides is 1. The Labute approximate surface area is 127 Å². The summed E-state index contributed by atoms with van der Waals surface area (Å²) in [4.78, 5) is 17.7. The van der Waals surface area contributed by atoms with Crippen LogP contribution in [0.15, 0.2) is 17.1 Å². The van der Waals surface area contributed by atoms with Gasteiger partial charge in [0, 0.05) is 12.5 Å². The minimum absolute atomic E-state index is 0.0762. The number of nitrogens with one attached hydrogen (secondary N) is 1. The van der Waals surface area contributed by atoms with Gasteiger partial charge in [-0.15, -0.1) is 0 Å². The first-order valence-corrected chi connectivity index (χ1v) is 7.69. The van der Waals surface area contributed by atoms with Crippen molar-refractivity contribution in [2.45, 2.75) is 32.6 Å². The smallest absolute Gasteiger partial charge is 0.220 e. The molecule has 1 fully saturated rings. The van der Waals surface area contributed by atoms with Gasteiger partial charge in [0.05, 0.1) is 6.54 Å². The number of aliphatic imine (C=N–C) groups is 1. The first-order chi connectivity index (χ1) is 9.99. The molecule has 1 rings (SSSR count). The van der Waals surface area contributed by atoms with Gasteiger partial charge in [0.15, 0.2) is 5.96 Å². The average molecular weight is 295 g/mol. The molecular weight excluding hydrogens is 266 g/mol. The number of likely N-dealkylation sites (tertiary alicyclic amines) is 1. The zero-order valence-corrected chi connectivity index (χ0v) is 13.1. The molecule has 0 radical (unpaired) electrons. The number of guanidine groups is 1. The number of rotatable bonds is 8. The molecule has 0 spiro atoms. The first kappa shape index (κ1) is 17.5. The molecule has 6 heteroatoms. The normalized spacial score (nSPS) is 17.7. The quantitative estimate of drug-likeness (QED) is 0.262. The van der Waals surface area contributed by atoms with Crippen molar-refractivity contribution in [3.05, 3.63) is 12.2 Å². The highest BCUT2D eigenvalue weighted by molar-refractivity contribution is 5.77. The molecule has 0 bridgehead atoms. The van der Waals surface area contributed by atoms with Crippen molar-refractivity contribution >= 4 is 11.9 Å². The molecule has 0 aromatic rings. The van der Waals surface area contributed by atoms with E-state index in [4.69, 9.17) is 11.5 Å². The first-order valence-electron chi connectivity index (χ1n) is 7.69. The number of unbranched alkanes of at least 4 members (excludes halogenated alkanes) is 1. The number of hydrogen-bond donors (Lipinski definition) is 3. The van der Waals surface area contributed by atoms with E-state index in [1.165, 1.54) is 0 Å². The van der Waals surface area contributed by atoms with Gasteiger partial charge in [-0.3, -0.25) is 4.79 Å². The lowest BCUT2D eigenvalue weighted by molar-refractivity contribution is -0.123. The van der Waals surface area contributed by atoms with Gasteiger partial charge < -0.3 is 21.7 Å². The van der Waals surface area contributed by atoms with Crippen LogP contribution in [0.25, 0.3) is 0 Å². The summed E-state index contributed by atoms with van der Waals surface area (Å²) in [5.74, 6) is 0.413. The van der Waals surface area contributed by atoms with E-state index in [2.05, 4.69) is 21.8 Å². The molecule has 6 nitrogen and oxygen atoms in total. The fraction of sp³-hybridized carbons (Fsp3) is 0.733. The summed E-state index contributed by atoms with van der Waals surface area (Å²) < 4.78 is 0. The van der Waals surface area contributed by atoms with Crippen LogP contribution in [-0.4, -0.2) is 49.5 Å². The summed E-state index contributed by atoms with van der Waals surface area (Å²) >= 11 is 0. The number of piperidine rings is 1. The minimum atomic E-state index is -0.150. The van der Waals surface area contributed by atoms with Crippen molar-refractivity contribution in [1.29, 1.82) is 0 Å². The summed E-state index contributed by atoms with van der Waals surface area (Å²) in [5.41, 5.74) is 12.1. The van der Waals surface area contributed by atoms with Gasteiger partial charge in [0.2, 0.25) is 5.91 Å². The molecule has 0 aromatic carbocycles. The minimum Gasteiger partial charge on any atom is -0.370 e. The summed E-state index contributed by atoms with van der Waals surface area (Å²) in [7, 11) is 0. The number of hydrogen-bond acceptors (Lipinski definition) is 3. The van der Waals surface area contributed by atoms with Crippen LogP contribution in [-0.2, 0) is 4.79 Å². The van der Waals surface area contributed by atoms with Crippen LogP contribution in [0.1, 0.15) is 32.6 Å². The molecular formula is C15H29N5O. The summed E-state index contributed by atoms with van der Waals surface area (Å²) in [6.07, 6.45) is 3.96. The fourth-order valence-corrected chi connectivity index (χ4v) is 2.39. The topological polar surface area (TPSA) is 96.7 Å². The summed E-state index contributed by atoms with van der Waals surface area (Å²) in [6, 6.07) is 0. The average Bonchev–Trinajstić information content (AvgIpc) is 2.45. The Morgan fingerprint density at radius 3 is 2.57 bits per heavy atom. The second-order valence-electron chi connectivity index (χ2n) is 5.81. The Hall–Kier alpha value is -1.56. The van der Waals surface area contributed by atoms with E-state index in [1.54, 1.807) is 0 Å². The van der Waals surface area contributed by atoms with Crippen LogP contribution in [0.2, 0.25) is 0 Å². The van der Waals surface area contributed by atoms with E-state index in [1.807, 2.05) is 6.92 Å². The third-order valence-corrected chi connectivity index (χ3v) is 3.72. The van der Waals surface area contributed by atoms with E-state index in [0.29, 0.717) is 12.5 Å². The van der Waals surface area contributed by atoms with Crippen molar-refractivity contribution in [3.8, 4) is 0 Å². The third kappa shape index (κ3) is 7.70. The summed E-state index contributed by atoms with van der Waals surface area (Å²) in [5, 5.41) is 3.10. The zero-order valence-electron chi connectivity index (χ0n) is 13.1. The molecule has 0 aliphatic carbocycles. The highest BCUT2D eigenvalue weighted by atomic mass is 16.1. The SMILES string of the molecule is C=C(C)CN=C(N)NCCCCN1CCC(C(N)=O)CC1. The predicted octanol–water partition coefficient (Wildman–Crippen LogP) is 0.444. The second-order valence-corrected chi connectivity index (χ2v) is 5.81. The maximum atomic E-state index is 11.1. The van der Waals surface area contributed by atoms with Crippen LogP contribution in [0, 0.1) is 5.92 Å². The van der Waals surface area contributed by atoms with Crippen LogP contribution < -0.4 is 16.8 Å². The standard InChI is InChI=1S/C15H29N5O/c1-12(2)11-19-15(17)18-7-3-4-8-20-9-5-13(6-10-20)14(16)21/h13H,1,3-11H2,2H3,(H2,16,21)(H3,17,18,19). The Morgan fingerprint density at radius 2 is 2.00 bits per heavy atom. The maximum Gasteiger partial charge on any atom is 0.220 e. The predicted molar refractivity (Wildman–Crippen MR) is 86.9 cm³/mol. The fourth-order valence-electron chi connectivity index (χ4n) is 2.39. The van der Waals surface area contributed by atoms with E-state index >= 15 is 0 Å². The lowest BCUT2D eigenvalue weighted by Crippen LogP contribution is -2.39. The lowest BCUT2D eigenvalue weighted by atomic mass is 9.96. The highest BCUT2D eigenvalue weighted by Gasteiger charge is 2.22. The number of carbonyl (C=O) groups is 1. The summed E-state index contributed by atoms with van der Waals surface area (Å²) in [6.45, 7) is 10.1. The molecule has 21 heavy (non-hydrogen) atoms. The molecule has 0 saturated carbocycles. The largest absolute Gasteiger partial charge is 0.370 e. The second kappa shape index (κ2) is 9.39. The Kier molecular flexibility index (Phi) is 7.82.